The van der Waals surface area contributed by atoms with E-state index in [1.165, 1.54) is 6.07 Å². The molecule has 1 aromatic carbocycles. The summed E-state index contributed by atoms with van der Waals surface area (Å²) in [6.45, 7) is 0.377. The molecule has 0 saturated heterocycles. The number of rotatable bonds is 5. The number of carbonyl (C=O) groups excluding carboxylic acids is 1. The zero-order chi connectivity index (χ0) is 11.8. The van der Waals surface area contributed by atoms with Crippen LogP contribution in [0, 0.1) is 0 Å². The highest BCUT2D eigenvalue weighted by molar-refractivity contribution is 5.85. The van der Waals surface area contributed by atoms with Gasteiger partial charge in [0.2, 0.25) is 0 Å². The van der Waals surface area contributed by atoms with Crippen molar-refractivity contribution in [1.29, 1.82) is 0 Å². The third-order valence-electron chi connectivity index (χ3n) is 1.99. The molecule has 5 heteroatoms. The van der Waals surface area contributed by atoms with E-state index in [1.54, 1.807) is 24.3 Å². The summed E-state index contributed by atoms with van der Waals surface area (Å²) in [5.41, 5.74) is 8.97. The summed E-state index contributed by atoms with van der Waals surface area (Å²) in [5, 5.41) is 12.8. The Labute approximate surface area is 92.7 Å². The quantitative estimate of drug-likeness (QED) is 0.270. The molecule has 0 spiro atoms. The van der Waals surface area contributed by atoms with Crippen molar-refractivity contribution in [2.75, 3.05) is 6.54 Å². The van der Waals surface area contributed by atoms with Gasteiger partial charge < -0.3 is 5.11 Å². The predicted octanol–water partition coefficient (Wildman–Crippen LogP) is 2.92. The van der Waals surface area contributed by atoms with Crippen LogP contribution < -0.4 is 0 Å². The molecular weight excluding hydrogens is 206 g/mol. The van der Waals surface area contributed by atoms with E-state index in [0.29, 0.717) is 24.8 Å². The summed E-state index contributed by atoms with van der Waals surface area (Å²) in [6.07, 6.45) is 4.72. The van der Waals surface area contributed by atoms with Crippen molar-refractivity contribution >= 4 is 12.4 Å². The smallest absolute Gasteiger partial charge is 0.154 e. The highest BCUT2D eigenvalue weighted by Gasteiger charge is 2.02. The third-order valence-corrected chi connectivity index (χ3v) is 1.99. The fourth-order valence-corrected chi connectivity index (χ4v) is 1.23. The van der Waals surface area contributed by atoms with Gasteiger partial charge in [0.15, 0.2) is 6.29 Å². The first-order valence-corrected chi connectivity index (χ1v) is 4.74. The Balaban J connectivity index is 2.76. The Morgan fingerprint density at radius 1 is 1.50 bits per heavy atom. The molecule has 1 rings (SSSR count). The summed E-state index contributed by atoms with van der Waals surface area (Å²) < 4.78 is 0. The van der Waals surface area contributed by atoms with Gasteiger partial charge in [0.1, 0.15) is 5.75 Å². The minimum atomic E-state index is -0.0350. The van der Waals surface area contributed by atoms with E-state index in [1.807, 2.05) is 0 Å². The largest absolute Gasteiger partial charge is 0.507 e. The predicted molar refractivity (Wildman–Crippen MR) is 61.2 cm³/mol. The number of phenols is 1. The van der Waals surface area contributed by atoms with Crippen molar-refractivity contribution in [3.63, 3.8) is 0 Å². The van der Waals surface area contributed by atoms with Crippen LogP contribution in [0.4, 0.5) is 0 Å². The molecule has 16 heavy (non-hydrogen) atoms. The van der Waals surface area contributed by atoms with Gasteiger partial charge in [-0.05, 0) is 23.6 Å². The molecule has 5 nitrogen and oxygen atoms in total. The molecule has 82 valence electrons. The maximum absolute atomic E-state index is 10.7. The van der Waals surface area contributed by atoms with E-state index in [-0.39, 0.29) is 11.3 Å². The zero-order valence-corrected chi connectivity index (χ0v) is 8.58. The molecule has 0 atom stereocenters. The molecule has 0 radical (unpaired) electrons. The van der Waals surface area contributed by atoms with Crippen LogP contribution in [0.25, 0.3) is 16.5 Å². The number of phenolic OH excluding ortho intramolecular Hbond substituents is 1. The zero-order valence-electron chi connectivity index (χ0n) is 8.58. The summed E-state index contributed by atoms with van der Waals surface area (Å²) in [7, 11) is 0. The normalized spacial score (nSPS) is 10.0. The van der Waals surface area contributed by atoms with Crippen molar-refractivity contribution in [3.8, 4) is 5.75 Å². The van der Waals surface area contributed by atoms with Crippen molar-refractivity contribution in [3.05, 3.63) is 45.8 Å². The number of aromatic hydroxyl groups is 1. The molecule has 0 unspecified atom stereocenters. The number of nitrogens with zero attached hydrogens (tertiary/aromatic N) is 3. The maximum Gasteiger partial charge on any atom is 0.154 e. The summed E-state index contributed by atoms with van der Waals surface area (Å²) in [6, 6.07) is 4.85. The Morgan fingerprint density at radius 2 is 2.31 bits per heavy atom. The van der Waals surface area contributed by atoms with E-state index < -0.39 is 0 Å². The van der Waals surface area contributed by atoms with Crippen molar-refractivity contribution < 1.29 is 9.90 Å². The number of aldehydes is 1. The standard InChI is InChI=1S/C11H11N3O2/c12-14-13-7-2-1-4-9-5-3-6-11(16)10(9)8-15/h1,3-6,8,16H,2,7H2. The van der Waals surface area contributed by atoms with Gasteiger partial charge in [0.25, 0.3) is 0 Å². The minimum absolute atomic E-state index is 0.0350. The Kier molecular flexibility index (Phi) is 4.63. The van der Waals surface area contributed by atoms with Gasteiger partial charge in [-0.15, -0.1) is 0 Å². The first-order chi connectivity index (χ1) is 7.79. The first-order valence-electron chi connectivity index (χ1n) is 4.74. The van der Waals surface area contributed by atoms with E-state index in [2.05, 4.69) is 10.0 Å². The Hall–Kier alpha value is -2.26. The molecule has 0 aliphatic rings. The Bertz CT molecular complexity index is 449. The molecule has 0 aliphatic carbocycles. The molecule has 0 bridgehead atoms. The van der Waals surface area contributed by atoms with Crippen LogP contribution in [0.2, 0.25) is 0 Å². The lowest BCUT2D eigenvalue weighted by Crippen LogP contribution is -1.86. The maximum atomic E-state index is 10.7. The molecule has 0 aliphatic heterocycles. The number of hydrogen-bond acceptors (Lipinski definition) is 3. The van der Waals surface area contributed by atoms with Crippen LogP contribution in [0.3, 0.4) is 0 Å². The number of benzene rings is 1. The fraction of sp³-hybridized carbons (Fsp3) is 0.182. The number of carbonyl (C=O) groups is 1. The van der Waals surface area contributed by atoms with Gasteiger partial charge in [-0.25, -0.2) is 0 Å². The van der Waals surface area contributed by atoms with Crippen LogP contribution in [-0.4, -0.2) is 17.9 Å². The summed E-state index contributed by atoms with van der Waals surface area (Å²) in [4.78, 5) is 13.3. The van der Waals surface area contributed by atoms with Gasteiger partial charge >= 0.3 is 0 Å². The highest BCUT2D eigenvalue weighted by atomic mass is 16.3. The van der Waals surface area contributed by atoms with Crippen molar-refractivity contribution in [2.24, 2.45) is 5.11 Å². The molecule has 0 saturated carbocycles. The Morgan fingerprint density at radius 3 is 3.00 bits per heavy atom. The summed E-state index contributed by atoms with van der Waals surface area (Å²) in [5.74, 6) is -0.0350. The SMILES string of the molecule is [N-]=[N+]=NCCC=Cc1cccc(O)c1C=O. The second-order valence-electron chi connectivity index (χ2n) is 3.04. The molecular formula is C11H11N3O2. The fourth-order valence-electron chi connectivity index (χ4n) is 1.23. The van der Waals surface area contributed by atoms with Crippen LogP contribution in [0.5, 0.6) is 5.75 Å². The average Bonchev–Trinajstić information content (AvgIpc) is 2.29. The van der Waals surface area contributed by atoms with Crippen molar-refractivity contribution in [2.45, 2.75) is 6.42 Å². The minimum Gasteiger partial charge on any atom is -0.507 e. The first kappa shape index (κ1) is 11.8. The van der Waals surface area contributed by atoms with Gasteiger partial charge in [-0.2, -0.15) is 0 Å². The van der Waals surface area contributed by atoms with Gasteiger partial charge in [0, 0.05) is 11.5 Å². The van der Waals surface area contributed by atoms with Crippen LogP contribution in [0.15, 0.2) is 29.4 Å². The van der Waals surface area contributed by atoms with Gasteiger partial charge in [0.05, 0.1) is 5.56 Å². The van der Waals surface area contributed by atoms with E-state index in [9.17, 15) is 9.90 Å². The van der Waals surface area contributed by atoms with Crippen LogP contribution in [-0.2, 0) is 0 Å². The molecule has 1 aromatic rings. The van der Waals surface area contributed by atoms with E-state index in [4.69, 9.17) is 5.53 Å². The molecule has 0 amide bonds. The average molecular weight is 217 g/mol. The monoisotopic (exact) mass is 217 g/mol. The van der Waals surface area contributed by atoms with E-state index in [0.717, 1.165) is 0 Å². The molecule has 0 fully saturated rings. The second-order valence-corrected chi connectivity index (χ2v) is 3.04. The van der Waals surface area contributed by atoms with Gasteiger partial charge in [-0.1, -0.05) is 29.4 Å². The van der Waals surface area contributed by atoms with E-state index >= 15 is 0 Å². The van der Waals surface area contributed by atoms with Crippen molar-refractivity contribution in [1.82, 2.24) is 0 Å². The second kappa shape index (κ2) is 6.27. The lowest BCUT2D eigenvalue weighted by Gasteiger charge is -2.00. The summed E-state index contributed by atoms with van der Waals surface area (Å²) >= 11 is 0. The number of azide groups is 1. The lowest BCUT2D eigenvalue weighted by atomic mass is 10.1. The number of hydrogen-bond donors (Lipinski definition) is 1. The lowest BCUT2D eigenvalue weighted by molar-refractivity contribution is 0.112. The van der Waals surface area contributed by atoms with Gasteiger partial charge in [-0.3, -0.25) is 4.79 Å². The van der Waals surface area contributed by atoms with Crippen LogP contribution >= 0.6 is 0 Å². The molecule has 0 heterocycles. The topological polar surface area (TPSA) is 86.1 Å². The van der Waals surface area contributed by atoms with Crippen LogP contribution in [0.1, 0.15) is 22.3 Å². The third kappa shape index (κ3) is 3.15. The molecule has 1 N–H and O–H groups in total. The molecule has 0 aromatic heterocycles. The highest BCUT2D eigenvalue weighted by Crippen LogP contribution is 2.19.